The van der Waals surface area contributed by atoms with Crippen LogP contribution >= 0.6 is 27.5 Å². The lowest BCUT2D eigenvalue weighted by atomic mass is 10.4. The van der Waals surface area contributed by atoms with Crippen molar-refractivity contribution in [1.29, 1.82) is 0 Å². The van der Waals surface area contributed by atoms with E-state index in [4.69, 9.17) is 11.6 Å². The van der Waals surface area contributed by atoms with E-state index in [1.54, 1.807) is 6.07 Å². The molecule has 1 atom stereocenters. The summed E-state index contributed by atoms with van der Waals surface area (Å²) in [5, 5.41) is 11.4. The predicted molar refractivity (Wildman–Crippen MR) is 72.3 cm³/mol. The van der Waals surface area contributed by atoms with Gasteiger partial charge in [0.2, 0.25) is 5.65 Å². The molecule has 0 aromatic carbocycles. The molecule has 0 spiro atoms. The molecule has 0 bridgehead atoms. The lowest BCUT2D eigenvalue weighted by Gasteiger charge is -1.97. The molecular formula is C9H7BrClN3O3S. The molecule has 0 aliphatic rings. The second-order valence-corrected chi connectivity index (χ2v) is 6.28. The van der Waals surface area contributed by atoms with Crippen molar-refractivity contribution < 1.29 is 9.13 Å². The van der Waals surface area contributed by atoms with Gasteiger partial charge in [-0.25, -0.2) is 4.98 Å². The monoisotopic (exact) mass is 351 g/mol. The largest absolute Gasteiger partial charge is 0.358 e. The molecule has 0 aliphatic heterocycles. The van der Waals surface area contributed by atoms with Gasteiger partial charge in [0.25, 0.3) is 0 Å². The predicted octanol–water partition coefficient (Wildman–Crippen LogP) is 2.54. The molecule has 0 aliphatic carbocycles. The molecule has 9 heteroatoms. The first-order chi connectivity index (χ1) is 8.40. The number of hydrogen-bond donors (Lipinski definition) is 0. The number of halogens is 2. The zero-order valence-corrected chi connectivity index (χ0v) is 12.3. The standard InChI is InChI=1S/C9H7BrClN3O3S/c1-18(17)4-7-9(14(15)16)13-3-5(11)2-6(10)8(13)12-7/h2-3H,4H2,1H3. The Kier molecular flexibility index (Phi) is 3.69. The van der Waals surface area contributed by atoms with Crippen molar-refractivity contribution in [2.45, 2.75) is 5.75 Å². The van der Waals surface area contributed by atoms with Crippen LogP contribution in [0.3, 0.4) is 0 Å². The van der Waals surface area contributed by atoms with Gasteiger partial charge in [0, 0.05) is 17.1 Å². The smallest absolute Gasteiger partial charge is 0.352 e. The Labute approximate surface area is 118 Å². The highest BCUT2D eigenvalue weighted by atomic mass is 79.9. The summed E-state index contributed by atoms with van der Waals surface area (Å²) < 4.78 is 13.1. The third-order valence-electron chi connectivity index (χ3n) is 2.20. The summed E-state index contributed by atoms with van der Waals surface area (Å²) >= 11 is 9.10. The second-order valence-electron chi connectivity index (χ2n) is 3.56. The number of fused-ring (bicyclic) bond motifs is 1. The van der Waals surface area contributed by atoms with Gasteiger partial charge in [0.15, 0.2) is 5.69 Å². The van der Waals surface area contributed by atoms with Gasteiger partial charge in [-0.05, 0) is 26.9 Å². The van der Waals surface area contributed by atoms with E-state index in [0.29, 0.717) is 15.1 Å². The van der Waals surface area contributed by atoms with E-state index in [0.717, 1.165) is 0 Å². The maximum Gasteiger partial charge on any atom is 0.352 e. The highest BCUT2D eigenvalue weighted by Crippen LogP contribution is 2.29. The molecule has 96 valence electrons. The number of pyridine rings is 1. The van der Waals surface area contributed by atoms with Gasteiger partial charge >= 0.3 is 5.82 Å². The topological polar surface area (TPSA) is 77.5 Å². The third kappa shape index (κ3) is 2.40. The first-order valence-corrected chi connectivity index (χ1v) is 7.60. The molecular weight excluding hydrogens is 346 g/mol. The molecule has 0 N–H and O–H groups in total. The van der Waals surface area contributed by atoms with E-state index < -0.39 is 15.7 Å². The van der Waals surface area contributed by atoms with Crippen LogP contribution in [0.2, 0.25) is 5.02 Å². The number of hydrogen-bond acceptors (Lipinski definition) is 4. The van der Waals surface area contributed by atoms with Crippen molar-refractivity contribution in [1.82, 2.24) is 9.38 Å². The van der Waals surface area contributed by atoms with Gasteiger partial charge in [-0.2, -0.15) is 4.40 Å². The fourth-order valence-corrected chi connectivity index (χ4v) is 3.03. The van der Waals surface area contributed by atoms with Gasteiger partial charge < -0.3 is 10.1 Å². The Hall–Kier alpha value is -0.990. The Morgan fingerprint density at radius 3 is 2.89 bits per heavy atom. The molecule has 0 saturated heterocycles. The molecule has 0 saturated carbocycles. The molecule has 1 unspecified atom stereocenters. The minimum atomic E-state index is -1.21. The molecule has 0 amide bonds. The van der Waals surface area contributed by atoms with Gasteiger partial charge in [-0.1, -0.05) is 11.6 Å². The first-order valence-electron chi connectivity index (χ1n) is 4.70. The lowest BCUT2D eigenvalue weighted by Crippen LogP contribution is -2.00. The number of nitro groups is 1. The van der Waals surface area contributed by atoms with Crippen molar-refractivity contribution in [3.63, 3.8) is 0 Å². The fraction of sp³-hybridized carbons (Fsp3) is 0.222. The molecule has 2 rings (SSSR count). The van der Waals surface area contributed by atoms with E-state index in [1.165, 1.54) is 16.9 Å². The fourth-order valence-electron chi connectivity index (χ4n) is 1.59. The van der Waals surface area contributed by atoms with Gasteiger partial charge in [-0.15, -0.1) is 0 Å². The lowest BCUT2D eigenvalue weighted by molar-refractivity contribution is -0.391. The Morgan fingerprint density at radius 1 is 1.67 bits per heavy atom. The molecule has 2 aromatic rings. The molecule has 0 radical (unpaired) electrons. The van der Waals surface area contributed by atoms with Gasteiger partial charge in [-0.3, -0.25) is 4.21 Å². The van der Waals surface area contributed by atoms with Crippen LogP contribution in [0.15, 0.2) is 16.7 Å². The van der Waals surface area contributed by atoms with Crippen LogP contribution in [0.25, 0.3) is 5.65 Å². The van der Waals surface area contributed by atoms with Gasteiger partial charge in [0.1, 0.15) is 6.20 Å². The molecule has 2 heterocycles. The van der Waals surface area contributed by atoms with Crippen molar-refractivity contribution >= 4 is 49.8 Å². The molecule has 18 heavy (non-hydrogen) atoms. The van der Waals surface area contributed by atoms with Crippen LogP contribution in [-0.4, -0.2) is 24.8 Å². The van der Waals surface area contributed by atoms with E-state index in [9.17, 15) is 14.3 Å². The Balaban J connectivity index is 2.79. The summed E-state index contributed by atoms with van der Waals surface area (Å²) in [4.78, 5) is 14.7. The molecule has 0 fully saturated rings. The van der Waals surface area contributed by atoms with Crippen LogP contribution in [0.4, 0.5) is 5.82 Å². The quantitative estimate of drug-likeness (QED) is 0.628. The van der Waals surface area contributed by atoms with E-state index in [1.807, 2.05) is 0 Å². The Morgan fingerprint density at radius 2 is 2.33 bits per heavy atom. The average molecular weight is 353 g/mol. The summed E-state index contributed by atoms with van der Waals surface area (Å²) in [6, 6.07) is 1.60. The van der Waals surface area contributed by atoms with Crippen molar-refractivity contribution in [3.8, 4) is 0 Å². The number of aromatic nitrogens is 2. The summed E-state index contributed by atoms with van der Waals surface area (Å²) in [7, 11) is -1.21. The maximum absolute atomic E-state index is 11.2. The number of imidazole rings is 1. The second kappa shape index (κ2) is 4.94. The number of nitrogens with zero attached hydrogens (tertiary/aromatic N) is 3. The van der Waals surface area contributed by atoms with Crippen LogP contribution in [0, 0.1) is 10.1 Å². The average Bonchev–Trinajstić information content (AvgIpc) is 2.54. The van der Waals surface area contributed by atoms with E-state index in [2.05, 4.69) is 20.9 Å². The zero-order valence-electron chi connectivity index (χ0n) is 9.09. The van der Waals surface area contributed by atoms with Crippen LogP contribution in [-0.2, 0) is 16.6 Å². The third-order valence-corrected chi connectivity index (χ3v) is 3.67. The molecule has 6 nitrogen and oxygen atoms in total. The van der Waals surface area contributed by atoms with Crippen LogP contribution in [0.1, 0.15) is 5.69 Å². The van der Waals surface area contributed by atoms with Crippen LogP contribution in [0.5, 0.6) is 0 Å². The molecule has 2 aromatic heterocycles. The van der Waals surface area contributed by atoms with Crippen molar-refractivity contribution in [2.75, 3.05) is 6.26 Å². The van der Waals surface area contributed by atoms with E-state index >= 15 is 0 Å². The van der Waals surface area contributed by atoms with Crippen LogP contribution < -0.4 is 0 Å². The zero-order chi connectivity index (χ0) is 13.4. The number of rotatable bonds is 3. The summed E-state index contributed by atoms with van der Waals surface area (Å²) in [5.41, 5.74) is 0.565. The summed E-state index contributed by atoms with van der Waals surface area (Å²) in [6.07, 6.45) is 2.88. The summed E-state index contributed by atoms with van der Waals surface area (Å²) in [5.74, 6) is -0.175. The Bertz CT molecular complexity index is 673. The summed E-state index contributed by atoms with van der Waals surface area (Å²) in [6.45, 7) is 0. The maximum atomic E-state index is 11.2. The first kappa shape index (κ1) is 13.4. The highest BCUT2D eigenvalue weighted by molar-refractivity contribution is 9.10. The normalized spacial score (nSPS) is 12.8. The minimum absolute atomic E-state index is 0.0298. The SMILES string of the molecule is CS(=O)Cc1nc2c(Br)cc(Cl)cn2c1[N+](=O)[O-]. The van der Waals surface area contributed by atoms with E-state index in [-0.39, 0.29) is 17.3 Å². The van der Waals surface area contributed by atoms with Crippen molar-refractivity contribution in [3.05, 3.63) is 37.6 Å². The highest BCUT2D eigenvalue weighted by Gasteiger charge is 2.25. The van der Waals surface area contributed by atoms with Crippen molar-refractivity contribution in [2.24, 2.45) is 0 Å². The minimum Gasteiger partial charge on any atom is -0.358 e. The van der Waals surface area contributed by atoms with Gasteiger partial charge in [0.05, 0.1) is 15.2 Å².